The van der Waals surface area contributed by atoms with Crippen molar-refractivity contribution in [1.82, 2.24) is 9.97 Å². The number of halogens is 2. The summed E-state index contributed by atoms with van der Waals surface area (Å²) >= 11 is 5.78. The van der Waals surface area contributed by atoms with Gasteiger partial charge in [-0.3, -0.25) is 4.79 Å². The molecule has 0 aliphatic heterocycles. The second kappa shape index (κ2) is 9.98. The Bertz CT molecular complexity index is 1470. The Labute approximate surface area is 199 Å². The largest absolute Gasteiger partial charge is 0.495 e. The minimum Gasteiger partial charge on any atom is -0.495 e. The average molecular weight is 475 g/mol. The van der Waals surface area contributed by atoms with Gasteiger partial charge >= 0.3 is 0 Å². The Morgan fingerprint density at radius 3 is 2.68 bits per heavy atom. The van der Waals surface area contributed by atoms with Crippen LogP contribution in [0.4, 0.5) is 10.1 Å². The lowest BCUT2D eigenvalue weighted by Gasteiger charge is -2.13. The van der Waals surface area contributed by atoms with E-state index in [9.17, 15) is 14.4 Å². The highest BCUT2D eigenvalue weighted by Gasteiger charge is 2.17. The molecule has 0 atom stereocenters. The molecule has 1 N–H and O–H groups in total. The second-order valence-electron chi connectivity index (χ2n) is 6.92. The summed E-state index contributed by atoms with van der Waals surface area (Å²) < 4.78 is 25.2. The van der Waals surface area contributed by atoms with Gasteiger partial charge in [-0.05, 0) is 46.6 Å². The van der Waals surface area contributed by atoms with Crippen molar-refractivity contribution < 1.29 is 18.7 Å². The number of methoxy groups -OCH3 is 1. The highest BCUT2D eigenvalue weighted by atomic mass is 35.5. The summed E-state index contributed by atoms with van der Waals surface area (Å²) in [4.78, 5) is 20.3. The Morgan fingerprint density at radius 2 is 1.88 bits per heavy atom. The highest BCUT2D eigenvalue weighted by molar-refractivity contribution is 6.28. The number of fused-ring (bicyclic) bond motifs is 1. The number of nitriles is 1. The molecule has 0 saturated carbocycles. The number of amides is 1. The molecule has 3 aromatic carbocycles. The van der Waals surface area contributed by atoms with E-state index >= 15 is 0 Å². The van der Waals surface area contributed by atoms with Crippen LogP contribution in [0.15, 0.2) is 72.4 Å². The molecule has 4 aromatic rings. The molecule has 168 valence electrons. The number of anilines is 1. The van der Waals surface area contributed by atoms with Crippen LogP contribution in [0.5, 0.6) is 17.4 Å². The van der Waals surface area contributed by atoms with E-state index in [1.165, 1.54) is 13.2 Å². The maximum absolute atomic E-state index is 14.2. The number of carbonyl (C=O) groups excluding carboxylic acids is 1. The molecule has 1 amide bonds. The maximum atomic E-state index is 14.2. The SMILES string of the molecule is COc1ccccc1NC(=O)/C(C#N)=C/c1c(Oc2nc(Cl)ncc2F)ccc2ccccc12. The van der Waals surface area contributed by atoms with Gasteiger partial charge in [-0.15, -0.1) is 0 Å². The van der Waals surface area contributed by atoms with Gasteiger partial charge in [-0.2, -0.15) is 14.6 Å². The van der Waals surface area contributed by atoms with E-state index in [-0.39, 0.29) is 22.5 Å². The van der Waals surface area contributed by atoms with Crippen LogP contribution in [0.1, 0.15) is 5.56 Å². The first-order valence-corrected chi connectivity index (χ1v) is 10.3. The van der Waals surface area contributed by atoms with Crippen molar-refractivity contribution in [3.05, 3.63) is 89.1 Å². The van der Waals surface area contributed by atoms with E-state index in [1.54, 1.807) is 48.5 Å². The molecule has 0 aliphatic carbocycles. The van der Waals surface area contributed by atoms with Gasteiger partial charge in [0.1, 0.15) is 23.1 Å². The van der Waals surface area contributed by atoms with E-state index in [4.69, 9.17) is 21.1 Å². The Kier molecular flexibility index (Phi) is 6.67. The van der Waals surface area contributed by atoms with Gasteiger partial charge in [0.25, 0.3) is 11.8 Å². The predicted octanol–water partition coefficient (Wildman–Crippen LogP) is 5.77. The Hall–Kier alpha value is -4.48. The second-order valence-corrected chi connectivity index (χ2v) is 7.25. The van der Waals surface area contributed by atoms with Gasteiger partial charge in [-0.1, -0.05) is 42.5 Å². The molecule has 0 spiro atoms. The smallest absolute Gasteiger partial charge is 0.266 e. The van der Waals surface area contributed by atoms with E-state index in [0.717, 1.165) is 11.6 Å². The molecule has 1 heterocycles. The minimum absolute atomic E-state index is 0.171. The van der Waals surface area contributed by atoms with Crippen molar-refractivity contribution in [1.29, 1.82) is 5.26 Å². The quantitative estimate of drug-likeness (QED) is 0.216. The van der Waals surface area contributed by atoms with E-state index in [2.05, 4.69) is 15.3 Å². The normalized spacial score (nSPS) is 11.1. The van der Waals surface area contributed by atoms with Gasteiger partial charge in [0.2, 0.25) is 11.1 Å². The fraction of sp³-hybridized carbons (Fsp3) is 0.0400. The summed E-state index contributed by atoms with van der Waals surface area (Å²) in [5.74, 6) is -1.24. The standard InChI is InChI=1S/C25H16ClFN4O3/c1-33-22-9-5-4-8-20(22)30-23(32)16(13-28)12-18-17-7-3-2-6-15(17)10-11-21(18)34-24-19(27)14-29-25(26)31-24/h2-12,14H,1H3,(H,30,32)/b16-12+. The number of rotatable bonds is 6. The van der Waals surface area contributed by atoms with Gasteiger partial charge in [0.15, 0.2) is 0 Å². The zero-order chi connectivity index (χ0) is 24.1. The zero-order valence-electron chi connectivity index (χ0n) is 17.8. The molecule has 4 rings (SSSR count). The molecule has 1 aromatic heterocycles. The van der Waals surface area contributed by atoms with Crippen molar-refractivity contribution in [2.45, 2.75) is 0 Å². The third kappa shape index (κ3) is 4.80. The zero-order valence-corrected chi connectivity index (χ0v) is 18.5. The summed E-state index contributed by atoms with van der Waals surface area (Å²) in [5, 5.41) is 13.7. The number of ether oxygens (including phenoxy) is 2. The molecule has 0 radical (unpaired) electrons. The Morgan fingerprint density at radius 1 is 1.12 bits per heavy atom. The molecule has 0 bridgehead atoms. The summed E-state index contributed by atoms with van der Waals surface area (Å²) in [6.45, 7) is 0. The van der Waals surface area contributed by atoms with Crippen LogP contribution in [0.25, 0.3) is 16.8 Å². The number of benzene rings is 3. The molecule has 0 unspecified atom stereocenters. The summed E-state index contributed by atoms with van der Waals surface area (Å²) in [5.41, 5.74) is 0.593. The molecule has 9 heteroatoms. The van der Waals surface area contributed by atoms with Gasteiger partial charge in [-0.25, -0.2) is 4.98 Å². The number of aromatic nitrogens is 2. The third-order valence-electron chi connectivity index (χ3n) is 4.83. The molecule has 7 nitrogen and oxygen atoms in total. The molecular formula is C25H16ClFN4O3. The third-order valence-corrected chi connectivity index (χ3v) is 5.01. The summed E-state index contributed by atoms with van der Waals surface area (Å²) in [6, 6.07) is 19.4. The fourth-order valence-electron chi connectivity index (χ4n) is 3.25. The number of hydrogen-bond acceptors (Lipinski definition) is 6. The molecule has 0 fully saturated rings. The van der Waals surface area contributed by atoms with Crippen LogP contribution in [-0.2, 0) is 4.79 Å². The topological polar surface area (TPSA) is 97.1 Å². The highest BCUT2D eigenvalue weighted by Crippen LogP contribution is 2.34. The number of nitrogens with one attached hydrogen (secondary N) is 1. The first kappa shape index (κ1) is 22.7. The van der Waals surface area contributed by atoms with Crippen molar-refractivity contribution in [3.63, 3.8) is 0 Å². The van der Waals surface area contributed by atoms with Gasteiger partial charge in [0, 0.05) is 5.56 Å². The summed E-state index contributed by atoms with van der Waals surface area (Å²) in [7, 11) is 1.48. The fourth-order valence-corrected chi connectivity index (χ4v) is 3.38. The number of nitrogens with zero attached hydrogens (tertiary/aromatic N) is 3. The van der Waals surface area contributed by atoms with Crippen LogP contribution in [0.2, 0.25) is 5.28 Å². The van der Waals surface area contributed by atoms with Crippen LogP contribution in [0, 0.1) is 17.1 Å². The van der Waals surface area contributed by atoms with Crippen LogP contribution >= 0.6 is 11.6 Å². The minimum atomic E-state index is -0.818. The molecular weight excluding hydrogens is 459 g/mol. The average Bonchev–Trinajstić information content (AvgIpc) is 2.85. The Balaban J connectivity index is 1.79. The first-order chi connectivity index (χ1) is 16.5. The summed E-state index contributed by atoms with van der Waals surface area (Å²) in [6.07, 6.45) is 2.27. The van der Waals surface area contributed by atoms with E-state index in [1.807, 2.05) is 18.2 Å². The molecule has 34 heavy (non-hydrogen) atoms. The first-order valence-electron chi connectivity index (χ1n) is 9.94. The number of para-hydroxylation sites is 2. The monoisotopic (exact) mass is 474 g/mol. The van der Waals surface area contributed by atoms with Crippen molar-refractivity contribution >= 4 is 40.0 Å². The molecule has 0 aliphatic rings. The van der Waals surface area contributed by atoms with Crippen molar-refractivity contribution in [3.8, 4) is 23.4 Å². The van der Waals surface area contributed by atoms with Gasteiger partial charge < -0.3 is 14.8 Å². The van der Waals surface area contributed by atoms with Crippen molar-refractivity contribution in [2.24, 2.45) is 0 Å². The van der Waals surface area contributed by atoms with Gasteiger partial charge in [0.05, 0.1) is 19.0 Å². The molecule has 0 saturated heterocycles. The lowest BCUT2D eigenvalue weighted by atomic mass is 10.0. The predicted molar refractivity (Wildman–Crippen MR) is 126 cm³/mol. The van der Waals surface area contributed by atoms with E-state index < -0.39 is 11.7 Å². The van der Waals surface area contributed by atoms with Crippen LogP contribution < -0.4 is 14.8 Å². The lowest BCUT2D eigenvalue weighted by Crippen LogP contribution is -2.14. The number of hydrogen-bond donors (Lipinski definition) is 1. The van der Waals surface area contributed by atoms with E-state index in [0.29, 0.717) is 22.4 Å². The number of carbonyl (C=O) groups is 1. The van der Waals surface area contributed by atoms with Crippen LogP contribution in [-0.4, -0.2) is 23.0 Å². The van der Waals surface area contributed by atoms with Crippen molar-refractivity contribution in [2.75, 3.05) is 12.4 Å². The lowest BCUT2D eigenvalue weighted by molar-refractivity contribution is -0.112. The maximum Gasteiger partial charge on any atom is 0.266 e. The van der Waals surface area contributed by atoms with Crippen LogP contribution in [0.3, 0.4) is 0 Å².